The molecule has 2 atom stereocenters. The van der Waals surface area contributed by atoms with Crippen LogP contribution in [0.5, 0.6) is 0 Å². The monoisotopic (exact) mass is 253 g/mol. The fraction of sp³-hybridized carbons (Fsp3) is 0.714. The van der Waals surface area contributed by atoms with E-state index in [1.807, 2.05) is 11.3 Å². The molecular formula is C14H23NOS. The Hall–Kier alpha value is -0.380. The topological polar surface area (TPSA) is 21.3 Å². The van der Waals surface area contributed by atoms with Gasteiger partial charge in [-0.3, -0.25) is 0 Å². The maximum Gasteiger partial charge on any atom is 0.0700 e. The third-order valence-electron chi connectivity index (χ3n) is 3.32. The summed E-state index contributed by atoms with van der Waals surface area (Å²) in [6, 6.07) is 5.03. The Kier molecular flexibility index (Phi) is 3.91. The Morgan fingerprint density at radius 2 is 2.18 bits per heavy atom. The molecule has 0 amide bonds. The van der Waals surface area contributed by atoms with Gasteiger partial charge >= 0.3 is 0 Å². The highest BCUT2D eigenvalue weighted by atomic mass is 32.1. The van der Waals surface area contributed by atoms with E-state index in [9.17, 15) is 0 Å². The average Bonchev–Trinajstić information content (AvgIpc) is 2.82. The first-order chi connectivity index (χ1) is 7.97. The zero-order valence-electron chi connectivity index (χ0n) is 11.2. The minimum Gasteiger partial charge on any atom is -0.377 e. The molecule has 2 rings (SSSR count). The van der Waals surface area contributed by atoms with Crippen molar-refractivity contribution in [3.05, 3.63) is 21.9 Å². The summed E-state index contributed by atoms with van der Waals surface area (Å²) < 4.78 is 5.55. The van der Waals surface area contributed by atoms with Crippen LogP contribution in [0.1, 0.15) is 43.9 Å². The second-order valence-corrected chi connectivity index (χ2v) is 7.04. The summed E-state index contributed by atoms with van der Waals surface area (Å²) in [4.78, 5) is 2.89. The van der Waals surface area contributed by atoms with Gasteiger partial charge in [0.05, 0.1) is 6.10 Å². The van der Waals surface area contributed by atoms with Crippen LogP contribution in [0.2, 0.25) is 0 Å². The number of rotatable bonds is 3. The fourth-order valence-corrected chi connectivity index (χ4v) is 3.12. The Morgan fingerprint density at radius 1 is 1.41 bits per heavy atom. The normalized spacial score (nSPS) is 25.4. The highest BCUT2D eigenvalue weighted by molar-refractivity contribution is 7.12. The van der Waals surface area contributed by atoms with Crippen molar-refractivity contribution in [2.75, 3.05) is 6.61 Å². The van der Waals surface area contributed by atoms with Crippen LogP contribution in [0.25, 0.3) is 0 Å². The van der Waals surface area contributed by atoms with Gasteiger partial charge in [-0.15, -0.1) is 11.3 Å². The first kappa shape index (κ1) is 13.1. The zero-order chi connectivity index (χ0) is 12.5. The van der Waals surface area contributed by atoms with E-state index in [4.69, 9.17) is 4.74 Å². The van der Waals surface area contributed by atoms with Crippen molar-refractivity contribution < 1.29 is 4.74 Å². The summed E-state index contributed by atoms with van der Waals surface area (Å²) >= 11 is 1.92. The predicted octanol–water partition coefficient (Wildman–Crippen LogP) is 3.31. The molecular weight excluding hydrogens is 230 g/mol. The summed E-state index contributed by atoms with van der Waals surface area (Å²) in [5, 5.41) is 3.60. The Labute approximate surface area is 108 Å². The van der Waals surface area contributed by atoms with E-state index in [1.165, 1.54) is 9.75 Å². The molecule has 2 nitrogen and oxygen atoms in total. The predicted molar refractivity (Wildman–Crippen MR) is 73.7 cm³/mol. The first-order valence-corrected chi connectivity index (χ1v) is 7.22. The van der Waals surface area contributed by atoms with Gasteiger partial charge in [-0.25, -0.2) is 0 Å². The van der Waals surface area contributed by atoms with Crippen molar-refractivity contribution in [2.45, 2.75) is 58.2 Å². The number of thiophene rings is 1. The van der Waals surface area contributed by atoms with E-state index in [1.54, 1.807) is 0 Å². The molecule has 0 aromatic carbocycles. The van der Waals surface area contributed by atoms with Crippen LogP contribution in [-0.2, 0) is 16.7 Å². The van der Waals surface area contributed by atoms with E-state index < -0.39 is 0 Å². The molecule has 3 heteroatoms. The molecule has 2 unspecified atom stereocenters. The summed E-state index contributed by atoms with van der Waals surface area (Å²) in [6.07, 6.45) is 1.50. The van der Waals surface area contributed by atoms with Crippen molar-refractivity contribution in [1.82, 2.24) is 5.32 Å². The summed E-state index contributed by atoms with van der Waals surface area (Å²) in [5.74, 6) is 0. The second-order valence-electron chi connectivity index (χ2n) is 5.87. The summed E-state index contributed by atoms with van der Waals surface area (Å²) in [5.41, 5.74) is 0.271. The number of ether oxygens (including phenoxy) is 1. The van der Waals surface area contributed by atoms with E-state index in [-0.39, 0.29) is 5.41 Å². The van der Waals surface area contributed by atoms with E-state index in [2.05, 4.69) is 45.1 Å². The van der Waals surface area contributed by atoms with Gasteiger partial charge in [0.25, 0.3) is 0 Å². The van der Waals surface area contributed by atoms with Gasteiger partial charge in [0.15, 0.2) is 0 Å². The largest absolute Gasteiger partial charge is 0.377 e. The van der Waals surface area contributed by atoms with Crippen molar-refractivity contribution in [1.29, 1.82) is 0 Å². The van der Waals surface area contributed by atoms with E-state index in [0.29, 0.717) is 12.1 Å². The molecule has 1 fully saturated rings. The van der Waals surface area contributed by atoms with Crippen LogP contribution in [-0.4, -0.2) is 18.8 Å². The first-order valence-electron chi connectivity index (χ1n) is 6.41. The minimum atomic E-state index is 0.271. The molecule has 0 saturated carbocycles. The molecule has 0 radical (unpaired) electrons. The molecule has 1 aromatic rings. The van der Waals surface area contributed by atoms with Gasteiger partial charge in [-0.2, -0.15) is 0 Å². The molecule has 1 aliphatic rings. The van der Waals surface area contributed by atoms with Crippen LogP contribution >= 0.6 is 11.3 Å². The third-order valence-corrected chi connectivity index (χ3v) is 4.83. The van der Waals surface area contributed by atoms with E-state index in [0.717, 1.165) is 19.6 Å². The highest BCUT2D eigenvalue weighted by Gasteiger charge is 2.23. The van der Waals surface area contributed by atoms with Gasteiger partial charge in [0.1, 0.15) is 0 Å². The molecule has 1 saturated heterocycles. The maximum atomic E-state index is 5.55. The molecule has 0 spiro atoms. The van der Waals surface area contributed by atoms with Crippen LogP contribution < -0.4 is 5.32 Å². The molecule has 1 N–H and O–H groups in total. The second kappa shape index (κ2) is 5.09. The van der Waals surface area contributed by atoms with Crippen LogP contribution in [0.4, 0.5) is 0 Å². The minimum absolute atomic E-state index is 0.271. The molecule has 1 aliphatic heterocycles. The number of hydrogen-bond acceptors (Lipinski definition) is 3. The fourth-order valence-electron chi connectivity index (χ4n) is 2.11. The SMILES string of the molecule is CC1OCCC1NCc1ccc(C(C)(C)C)s1. The summed E-state index contributed by atoms with van der Waals surface area (Å²) in [6.45, 7) is 10.8. The standard InChI is InChI=1S/C14H23NOS/c1-10-12(7-8-16-10)15-9-11-5-6-13(17-11)14(2,3)4/h5-6,10,12,15H,7-9H2,1-4H3. The lowest BCUT2D eigenvalue weighted by Crippen LogP contribution is -2.33. The van der Waals surface area contributed by atoms with Gasteiger partial charge in [0, 0.05) is 28.9 Å². The van der Waals surface area contributed by atoms with Crippen molar-refractivity contribution in [3.63, 3.8) is 0 Å². The van der Waals surface area contributed by atoms with Crippen molar-refractivity contribution >= 4 is 11.3 Å². The molecule has 2 heterocycles. The molecule has 0 bridgehead atoms. The van der Waals surface area contributed by atoms with Crippen LogP contribution in [0.15, 0.2) is 12.1 Å². The highest BCUT2D eigenvalue weighted by Crippen LogP contribution is 2.29. The lowest BCUT2D eigenvalue weighted by molar-refractivity contribution is 0.113. The smallest absolute Gasteiger partial charge is 0.0700 e. The molecule has 0 aliphatic carbocycles. The quantitative estimate of drug-likeness (QED) is 0.892. The maximum absolute atomic E-state index is 5.55. The molecule has 17 heavy (non-hydrogen) atoms. The Morgan fingerprint density at radius 3 is 2.71 bits per heavy atom. The van der Waals surface area contributed by atoms with Gasteiger partial charge in [-0.1, -0.05) is 20.8 Å². The molecule has 1 aromatic heterocycles. The number of nitrogens with one attached hydrogen (secondary N) is 1. The lowest BCUT2D eigenvalue weighted by Gasteiger charge is -2.16. The average molecular weight is 253 g/mol. The molecule has 96 valence electrons. The van der Waals surface area contributed by atoms with Gasteiger partial charge < -0.3 is 10.1 Å². The zero-order valence-corrected chi connectivity index (χ0v) is 12.1. The third kappa shape index (κ3) is 3.30. The van der Waals surface area contributed by atoms with Crippen molar-refractivity contribution in [3.8, 4) is 0 Å². The van der Waals surface area contributed by atoms with Crippen molar-refractivity contribution in [2.24, 2.45) is 0 Å². The summed E-state index contributed by atoms with van der Waals surface area (Å²) in [7, 11) is 0. The Bertz CT molecular complexity index is 367. The van der Waals surface area contributed by atoms with Gasteiger partial charge in [0.2, 0.25) is 0 Å². The van der Waals surface area contributed by atoms with Crippen LogP contribution in [0.3, 0.4) is 0 Å². The van der Waals surface area contributed by atoms with Crippen LogP contribution in [0, 0.1) is 0 Å². The van der Waals surface area contributed by atoms with E-state index >= 15 is 0 Å². The number of hydrogen-bond donors (Lipinski definition) is 1. The lowest BCUT2D eigenvalue weighted by atomic mass is 9.95. The van der Waals surface area contributed by atoms with Gasteiger partial charge in [-0.05, 0) is 30.9 Å². The Balaban J connectivity index is 1.89.